The molecule has 1 saturated heterocycles. The summed E-state index contributed by atoms with van der Waals surface area (Å²) in [7, 11) is 1.98. The molecular formula is C29H33N5O3. The molecule has 0 atom stereocenters. The molecule has 1 aliphatic heterocycles. The third-order valence-corrected chi connectivity index (χ3v) is 7.43. The van der Waals surface area contributed by atoms with Crippen LogP contribution in [0, 0.1) is 0 Å². The Morgan fingerprint density at radius 2 is 1.78 bits per heavy atom. The smallest absolute Gasteiger partial charge is 0.289 e. The van der Waals surface area contributed by atoms with E-state index in [2.05, 4.69) is 25.4 Å². The van der Waals surface area contributed by atoms with Crippen LogP contribution in [0.3, 0.4) is 0 Å². The van der Waals surface area contributed by atoms with E-state index in [9.17, 15) is 9.90 Å². The fourth-order valence-corrected chi connectivity index (χ4v) is 5.15. The molecule has 192 valence electrons. The summed E-state index contributed by atoms with van der Waals surface area (Å²) in [5.41, 5.74) is 2.10. The predicted octanol–water partition coefficient (Wildman–Crippen LogP) is 4.40. The van der Waals surface area contributed by atoms with Crippen LogP contribution in [-0.2, 0) is 4.79 Å². The first-order valence-corrected chi connectivity index (χ1v) is 12.9. The lowest BCUT2D eigenvalue weighted by molar-refractivity contribution is -0.135. The molecule has 0 spiro atoms. The van der Waals surface area contributed by atoms with Crippen LogP contribution in [0.25, 0.3) is 11.3 Å². The molecular weight excluding hydrogens is 466 g/mol. The Morgan fingerprint density at radius 3 is 2.49 bits per heavy atom. The minimum Gasteiger partial charge on any atom is -0.507 e. The number of benzene rings is 2. The number of anilines is 1. The van der Waals surface area contributed by atoms with Crippen LogP contribution in [0.15, 0.2) is 71.9 Å². The Kier molecular flexibility index (Phi) is 7.46. The average Bonchev–Trinajstić information content (AvgIpc) is 2.95. The number of phenols is 1. The predicted molar refractivity (Wildman–Crippen MR) is 144 cm³/mol. The van der Waals surface area contributed by atoms with E-state index < -0.39 is 5.60 Å². The van der Waals surface area contributed by atoms with Crippen LogP contribution in [0.2, 0.25) is 0 Å². The second-order valence-corrected chi connectivity index (χ2v) is 9.76. The van der Waals surface area contributed by atoms with Crippen molar-refractivity contribution in [1.29, 1.82) is 0 Å². The van der Waals surface area contributed by atoms with Crippen molar-refractivity contribution in [3.05, 3.63) is 66.9 Å². The van der Waals surface area contributed by atoms with Gasteiger partial charge in [-0.1, -0.05) is 30.3 Å². The highest BCUT2D eigenvalue weighted by atomic mass is 16.5. The first kappa shape index (κ1) is 24.9. The van der Waals surface area contributed by atoms with E-state index >= 15 is 0 Å². The van der Waals surface area contributed by atoms with Crippen LogP contribution in [0.4, 0.5) is 5.69 Å². The maximum absolute atomic E-state index is 13.7. The Hall–Kier alpha value is -3.78. The van der Waals surface area contributed by atoms with Gasteiger partial charge in [-0.3, -0.25) is 4.79 Å². The van der Waals surface area contributed by atoms with E-state index in [0.29, 0.717) is 49.0 Å². The monoisotopic (exact) mass is 499 g/mol. The molecule has 37 heavy (non-hydrogen) atoms. The van der Waals surface area contributed by atoms with Gasteiger partial charge in [-0.25, -0.2) is 4.99 Å². The fraction of sp³-hybridized carbons (Fsp3) is 0.379. The maximum atomic E-state index is 13.7. The number of phenolic OH excluding ortho intramolecular Hbond substituents is 1. The van der Waals surface area contributed by atoms with Gasteiger partial charge in [0, 0.05) is 43.2 Å². The van der Waals surface area contributed by atoms with Gasteiger partial charge in [0.1, 0.15) is 11.5 Å². The number of ether oxygens (including phenoxy) is 1. The van der Waals surface area contributed by atoms with Crippen molar-refractivity contribution in [3.63, 3.8) is 0 Å². The maximum Gasteiger partial charge on any atom is 0.289 e. The molecule has 2 aromatic carbocycles. The highest BCUT2D eigenvalue weighted by molar-refractivity contribution is 5.99. The van der Waals surface area contributed by atoms with E-state index in [4.69, 9.17) is 4.74 Å². The SMILES string of the molecule is CNC1CCC(=NC(=O)C2(Oc3ccccc3)CCN(c3cnnc(-c4ccccc4O)c3)CC2)CC1. The van der Waals surface area contributed by atoms with Gasteiger partial charge >= 0.3 is 0 Å². The second-order valence-electron chi connectivity index (χ2n) is 9.76. The van der Waals surface area contributed by atoms with E-state index in [1.807, 2.05) is 55.6 Å². The number of aromatic hydroxyl groups is 1. The zero-order chi connectivity index (χ0) is 25.7. The normalized spacial score (nSPS) is 19.3. The molecule has 1 aliphatic carbocycles. The first-order chi connectivity index (χ1) is 18.1. The molecule has 3 aromatic rings. The molecule has 1 aromatic heterocycles. The van der Waals surface area contributed by atoms with E-state index in [1.54, 1.807) is 18.3 Å². The zero-order valence-electron chi connectivity index (χ0n) is 21.1. The summed E-state index contributed by atoms with van der Waals surface area (Å²) in [4.78, 5) is 20.5. The third kappa shape index (κ3) is 5.64. The number of piperidine rings is 1. The van der Waals surface area contributed by atoms with E-state index in [0.717, 1.165) is 37.1 Å². The van der Waals surface area contributed by atoms with Crippen LogP contribution in [-0.4, -0.2) is 58.7 Å². The molecule has 2 heterocycles. The Labute approximate surface area is 217 Å². The number of carbonyl (C=O) groups is 1. The average molecular weight is 500 g/mol. The number of nitrogens with one attached hydrogen (secondary N) is 1. The van der Waals surface area contributed by atoms with Crippen LogP contribution < -0.4 is 15.0 Å². The number of rotatable bonds is 6. The van der Waals surface area contributed by atoms with Crippen molar-refractivity contribution >= 4 is 17.3 Å². The summed E-state index contributed by atoms with van der Waals surface area (Å²) >= 11 is 0. The summed E-state index contributed by atoms with van der Waals surface area (Å²) in [6.07, 6.45) is 6.40. The summed E-state index contributed by atoms with van der Waals surface area (Å²) in [6, 6.07) is 19.0. The minimum atomic E-state index is -1.01. The Morgan fingerprint density at radius 1 is 1.08 bits per heavy atom. The summed E-state index contributed by atoms with van der Waals surface area (Å²) in [6.45, 7) is 1.22. The van der Waals surface area contributed by atoms with Gasteiger partial charge in [-0.15, -0.1) is 0 Å². The molecule has 1 amide bonds. The molecule has 2 aliphatic rings. The molecule has 8 nitrogen and oxygen atoms in total. The van der Waals surface area contributed by atoms with Gasteiger partial charge < -0.3 is 20.1 Å². The van der Waals surface area contributed by atoms with Crippen molar-refractivity contribution < 1.29 is 14.6 Å². The van der Waals surface area contributed by atoms with Crippen LogP contribution in [0.5, 0.6) is 11.5 Å². The van der Waals surface area contributed by atoms with E-state index in [1.165, 1.54) is 0 Å². The van der Waals surface area contributed by atoms with Crippen molar-refractivity contribution in [1.82, 2.24) is 15.5 Å². The molecule has 0 radical (unpaired) electrons. The first-order valence-electron chi connectivity index (χ1n) is 12.9. The number of aromatic nitrogens is 2. The molecule has 0 bridgehead atoms. The number of hydrogen-bond donors (Lipinski definition) is 2. The van der Waals surface area contributed by atoms with Crippen molar-refractivity contribution in [3.8, 4) is 22.8 Å². The van der Waals surface area contributed by atoms with Gasteiger partial charge in [0.2, 0.25) is 0 Å². The number of aliphatic imine (C=N–C) groups is 1. The number of amides is 1. The molecule has 0 unspecified atom stereocenters. The Balaban J connectivity index is 1.35. The molecule has 8 heteroatoms. The topological polar surface area (TPSA) is 99.9 Å². The minimum absolute atomic E-state index is 0.163. The number of hydrogen-bond acceptors (Lipinski definition) is 7. The summed E-state index contributed by atoms with van der Waals surface area (Å²) < 4.78 is 6.42. The third-order valence-electron chi connectivity index (χ3n) is 7.43. The molecule has 2 fully saturated rings. The highest BCUT2D eigenvalue weighted by Gasteiger charge is 2.44. The molecule has 5 rings (SSSR count). The van der Waals surface area contributed by atoms with Crippen LogP contribution >= 0.6 is 0 Å². The largest absolute Gasteiger partial charge is 0.507 e. The molecule has 2 N–H and O–H groups in total. The van der Waals surface area contributed by atoms with Crippen LogP contribution in [0.1, 0.15) is 38.5 Å². The van der Waals surface area contributed by atoms with Gasteiger partial charge in [-0.05, 0) is 63.1 Å². The fourth-order valence-electron chi connectivity index (χ4n) is 5.15. The van der Waals surface area contributed by atoms with Crippen molar-refractivity contribution in [2.45, 2.75) is 50.2 Å². The second kappa shape index (κ2) is 11.1. The quantitative estimate of drug-likeness (QED) is 0.519. The number of para-hydroxylation sites is 2. The van der Waals surface area contributed by atoms with Gasteiger partial charge in [0.25, 0.3) is 5.91 Å². The number of nitrogens with zero attached hydrogens (tertiary/aromatic N) is 4. The van der Waals surface area contributed by atoms with Crippen molar-refractivity contribution in [2.24, 2.45) is 4.99 Å². The zero-order valence-corrected chi connectivity index (χ0v) is 21.1. The van der Waals surface area contributed by atoms with E-state index in [-0.39, 0.29) is 11.7 Å². The standard InChI is InChI=1S/C29H33N5O3/c1-30-21-11-13-22(14-12-21)32-28(36)29(37-24-7-3-2-4-8-24)15-17-34(18-16-29)23-19-26(33-31-20-23)25-9-5-6-10-27(25)35/h2-10,19-21,30,35H,11-18H2,1H3. The molecule has 1 saturated carbocycles. The van der Waals surface area contributed by atoms with Gasteiger partial charge in [0.05, 0.1) is 17.6 Å². The van der Waals surface area contributed by atoms with Crippen molar-refractivity contribution in [2.75, 3.05) is 25.0 Å². The van der Waals surface area contributed by atoms with Gasteiger partial charge in [-0.2, -0.15) is 10.2 Å². The van der Waals surface area contributed by atoms with Gasteiger partial charge in [0.15, 0.2) is 5.60 Å². The lowest BCUT2D eigenvalue weighted by atomic mass is 9.88. The summed E-state index contributed by atoms with van der Waals surface area (Å²) in [5.74, 6) is 0.656. The highest BCUT2D eigenvalue weighted by Crippen LogP contribution is 2.34. The summed E-state index contributed by atoms with van der Waals surface area (Å²) in [5, 5.41) is 22.0. The lowest BCUT2D eigenvalue weighted by Crippen LogP contribution is -2.53. The Bertz CT molecular complexity index is 1250. The lowest BCUT2D eigenvalue weighted by Gasteiger charge is -2.40. The number of carbonyl (C=O) groups excluding carboxylic acids is 1.